The van der Waals surface area contributed by atoms with Gasteiger partial charge >= 0.3 is 0 Å². The second kappa shape index (κ2) is 8.46. The number of likely N-dealkylation sites (tertiary alicyclic amines) is 1. The number of amides is 2. The topological polar surface area (TPSA) is 59.1 Å². The third-order valence-corrected chi connectivity index (χ3v) is 6.00. The zero-order chi connectivity index (χ0) is 22.1. The maximum Gasteiger partial charge on any atom is 0.282 e. The largest absolute Gasteiger partial charge is 0.493 e. The first-order chi connectivity index (χ1) is 15.0. The Morgan fingerprint density at radius 2 is 1.52 bits per heavy atom. The van der Waals surface area contributed by atoms with Gasteiger partial charge in [-0.3, -0.25) is 9.59 Å². The summed E-state index contributed by atoms with van der Waals surface area (Å²) in [5.74, 6) is 0.540. The van der Waals surface area contributed by atoms with Crippen LogP contribution in [0.2, 0.25) is 0 Å². The zero-order valence-corrected chi connectivity index (χ0v) is 18.5. The van der Waals surface area contributed by atoms with Crippen LogP contribution >= 0.6 is 0 Å². The summed E-state index contributed by atoms with van der Waals surface area (Å²) in [6, 6.07) is 11.1. The van der Waals surface area contributed by atoms with E-state index in [0.717, 1.165) is 43.5 Å². The SMILES string of the molecule is COc1ccc(C2=C(N3CCCCC3)C(=O)N(c3ccc(C)cc3C)C2=O)cc1OC. The molecule has 2 heterocycles. The van der Waals surface area contributed by atoms with Crippen LogP contribution in [0, 0.1) is 13.8 Å². The Kier molecular flexibility index (Phi) is 5.72. The van der Waals surface area contributed by atoms with Crippen molar-refractivity contribution in [2.45, 2.75) is 33.1 Å². The molecule has 2 aliphatic heterocycles. The maximum absolute atomic E-state index is 13.7. The molecule has 0 unspecified atom stereocenters. The van der Waals surface area contributed by atoms with Gasteiger partial charge in [-0.2, -0.15) is 0 Å². The lowest BCUT2D eigenvalue weighted by Gasteiger charge is -2.29. The number of carbonyl (C=O) groups is 2. The average molecular weight is 421 g/mol. The van der Waals surface area contributed by atoms with Crippen molar-refractivity contribution in [2.75, 3.05) is 32.2 Å². The third kappa shape index (κ3) is 3.67. The second-order valence-corrected chi connectivity index (χ2v) is 8.08. The van der Waals surface area contributed by atoms with Crippen molar-refractivity contribution >= 4 is 23.1 Å². The number of hydrogen-bond donors (Lipinski definition) is 0. The van der Waals surface area contributed by atoms with Gasteiger partial charge in [0, 0.05) is 13.1 Å². The van der Waals surface area contributed by atoms with Gasteiger partial charge in [0.05, 0.1) is 25.5 Å². The summed E-state index contributed by atoms with van der Waals surface area (Å²) in [4.78, 5) is 30.8. The van der Waals surface area contributed by atoms with E-state index in [0.29, 0.717) is 34.0 Å². The number of nitrogens with zero attached hydrogens (tertiary/aromatic N) is 2. The number of aryl methyl sites for hydroxylation is 2. The van der Waals surface area contributed by atoms with E-state index < -0.39 is 0 Å². The molecule has 0 bridgehead atoms. The first-order valence-electron chi connectivity index (χ1n) is 10.6. The molecule has 0 aromatic heterocycles. The molecule has 6 nitrogen and oxygen atoms in total. The molecule has 6 heteroatoms. The molecule has 4 rings (SSSR count). The maximum atomic E-state index is 13.7. The minimum atomic E-state index is -0.301. The lowest BCUT2D eigenvalue weighted by atomic mass is 10.0. The molecule has 2 amide bonds. The standard InChI is InChI=1S/C25H28N2O4/c1-16-8-10-19(17(2)14-16)27-24(28)22(18-9-11-20(30-3)21(15-18)31-4)23(25(27)29)26-12-6-5-7-13-26/h8-11,14-15H,5-7,12-13H2,1-4H3. The van der Waals surface area contributed by atoms with Gasteiger partial charge in [0.2, 0.25) is 0 Å². The summed E-state index contributed by atoms with van der Waals surface area (Å²) in [6.07, 6.45) is 3.15. The number of rotatable bonds is 5. The number of hydrogen-bond acceptors (Lipinski definition) is 5. The van der Waals surface area contributed by atoms with Gasteiger partial charge in [-0.05, 0) is 62.4 Å². The number of piperidine rings is 1. The molecule has 0 aliphatic carbocycles. The van der Waals surface area contributed by atoms with Crippen LogP contribution in [0.5, 0.6) is 11.5 Å². The quantitative estimate of drug-likeness (QED) is 0.682. The Morgan fingerprint density at radius 1 is 0.806 bits per heavy atom. The van der Waals surface area contributed by atoms with E-state index in [4.69, 9.17) is 9.47 Å². The second-order valence-electron chi connectivity index (χ2n) is 8.08. The van der Waals surface area contributed by atoms with Crippen LogP contribution in [-0.2, 0) is 9.59 Å². The van der Waals surface area contributed by atoms with E-state index in [1.807, 2.05) is 38.1 Å². The summed E-state index contributed by atoms with van der Waals surface area (Å²) in [6.45, 7) is 5.46. The minimum absolute atomic E-state index is 0.261. The Hall–Kier alpha value is -3.28. The van der Waals surface area contributed by atoms with Gasteiger partial charge in [0.25, 0.3) is 11.8 Å². The fourth-order valence-electron chi connectivity index (χ4n) is 4.46. The summed E-state index contributed by atoms with van der Waals surface area (Å²) >= 11 is 0. The summed E-state index contributed by atoms with van der Waals surface area (Å²) in [5.41, 5.74) is 4.18. The van der Waals surface area contributed by atoms with Gasteiger partial charge in [0.15, 0.2) is 11.5 Å². The molecular weight excluding hydrogens is 392 g/mol. The molecule has 2 aromatic rings. The highest BCUT2D eigenvalue weighted by Gasteiger charge is 2.43. The van der Waals surface area contributed by atoms with Crippen molar-refractivity contribution in [2.24, 2.45) is 0 Å². The van der Waals surface area contributed by atoms with Gasteiger partial charge in [-0.15, -0.1) is 0 Å². The van der Waals surface area contributed by atoms with E-state index in [-0.39, 0.29) is 11.8 Å². The van der Waals surface area contributed by atoms with E-state index in [2.05, 4.69) is 4.90 Å². The lowest BCUT2D eigenvalue weighted by molar-refractivity contribution is -0.120. The smallest absolute Gasteiger partial charge is 0.282 e. The number of ether oxygens (including phenoxy) is 2. The van der Waals surface area contributed by atoms with Crippen molar-refractivity contribution in [3.8, 4) is 11.5 Å². The van der Waals surface area contributed by atoms with Crippen LogP contribution in [0.15, 0.2) is 42.1 Å². The van der Waals surface area contributed by atoms with Crippen LogP contribution in [0.25, 0.3) is 5.57 Å². The predicted molar refractivity (Wildman–Crippen MR) is 120 cm³/mol. The highest BCUT2D eigenvalue weighted by molar-refractivity contribution is 6.45. The first-order valence-corrected chi connectivity index (χ1v) is 10.6. The normalized spacial score (nSPS) is 16.9. The van der Waals surface area contributed by atoms with E-state index >= 15 is 0 Å². The average Bonchev–Trinajstić information content (AvgIpc) is 3.04. The van der Waals surface area contributed by atoms with Gasteiger partial charge < -0.3 is 14.4 Å². The number of methoxy groups -OCH3 is 2. The van der Waals surface area contributed by atoms with Crippen LogP contribution in [0.3, 0.4) is 0 Å². The number of carbonyl (C=O) groups excluding carboxylic acids is 2. The van der Waals surface area contributed by atoms with Crippen molar-refractivity contribution in [3.63, 3.8) is 0 Å². The molecule has 1 saturated heterocycles. The van der Waals surface area contributed by atoms with E-state index in [1.165, 1.54) is 4.90 Å². The van der Waals surface area contributed by atoms with Gasteiger partial charge in [-0.25, -0.2) is 4.90 Å². The van der Waals surface area contributed by atoms with Gasteiger partial charge in [0.1, 0.15) is 5.70 Å². The highest BCUT2D eigenvalue weighted by atomic mass is 16.5. The molecular formula is C25H28N2O4. The first kappa shape index (κ1) is 21.0. The molecule has 0 saturated carbocycles. The van der Waals surface area contributed by atoms with Crippen LogP contribution in [-0.4, -0.2) is 44.0 Å². The molecule has 0 N–H and O–H groups in total. The molecule has 2 aliphatic rings. The Bertz CT molecular complexity index is 1070. The Morgan fingerprint density at radius 3 is 2.16 bits per heavy atom. The van der Waals surface area contributed by atoms with Crippen LogP contribution < -0.4 is 14.4 Å². The zero-order valence-electron chi connectivity index (χ0n) is 18.5. The van der Waals surface area contributed by atoms with E-state index in [1.54, 1.807) is 26.4 Å². The van der Waals surface area contributed by atoms with Crippen molar-refractivity contribution in [1.29, 1.82) is 0 Å². The summed E-state index contributed by atoms with van der Waals surface area (Å²) in [7, 11) is 3.13. The van der Waals surface area contributed by atoms with Crippen LogP contribution in [0.1, 0.15) is 36.0 Å². The summed E-state index contributed by atoms with van der Waals surface area (Å²) in [5, 5.41) is 0. The van der Waals surface area contributed by atoms with Gasteiger partial charge in [-0.1, -0.05) is 23.8 Å². The number of anilines is 1. The third-order valence-electron chi connectivity index (χ3n) is 6.00. The number of benzene rings is 2. The highest BCUT2D eigenvalue weighted by Crippen LogP contribution is 2.39. The molecule has 0 radical (unpaired) electrons. The number of imide groups is 1. The fourth-order valence-corrected chi connectivity index (χ4v) is 4.46. The monoisotopic (exact) mass is 420 g/mol. The van der Waals surface area contributed by atoms with Crippen molar-refractivity contribution in [1.82, 2.24) is 4.90 Å². The lowest BCUT2D eigenvalue weighted by Crippen LogP contribution is -2.37. The minimum Gasteiger partial charge on any atom is -0.493 e. The Labute approximate surface area is 183 Å². The Balaban J connectivity index is 1.86. The van der Waals surface area contributed by atoms with Crippen molar-refractivity contribution in [3.05, 3.63) is 58.8 Å². The molecule has 0 atom stereocenters. The van der Waals surface area contributed by atoms with Crippen LogP contribution in [0.4, 0.5) is 5.69 Å². The molecule has 2 aromatic carbocycles. The van der Waals surface area contributed by atoms with Crippen molar-refractivity contribution < 1.29 is 19.1 Å². The predicted octanol–water partition coefficient (Wildman–Crippen LogP) is 4.09. The molecule has 0 spiro atoms. The van der Waals surface area contributed by atoms with E-state index in [9.17, 15) is 9.59 Å². The molecule has 1 fully saturated rings. The fraction of sp³-hybridized carbons (Fsp3) is 0.360. The molecule has 31 heavy (non-hydrogen) atoms. The summed E-state index contributed by atoms with van der Waals surface area (Å²) < 4.78 is 10.8. The molecule has 162 valence electrons.